The number of rotatable bonds is 2. The molecule has 0 aliphatic heterocycles. The average molecular weight is 307 g/mol. The van der Waals surface area contributed by atoms with Gasteiger partial charge in [-0.25, -0.2) is 4.98 Å². The van der Waals surface area contributed by atoms with Crippen LogP contribution in [-0.2, 0) is 4.79 Å². The van der Waals surface area contributed by atoms with E-state index in [1.807, 2.05) is 39.0 Å². The Balaban J connectivity index is 2.05. The minimum Gasteiger partial charge on any atom is -0.481 e. The normalized spacial score (nSPS) is 28.1. The van der Waals surface area contributed by atoms with Crippen molar-refractivity contribution >= 4 is 28.6 Å². The molecule has 0 spiro atoms. The van der Waals surface area contributed by atoms with Gasteiger partial charge < -0.3 is 10.1 Å². The predicted molar refractivity (Wildman–Crippen MR) is 82.6 cm³/mol. The number of halogens is 1. The maximum atomic E-state index is 11.7. The van der Waals surface area contributed by atoms with E-state index in [2.05, 4.69) is 9.97 Å². The molecular weight excluding hydrogens is 288 g/mol. The summed E-state index contributed by atoms with van der Waals surface area (Å²) in [5, 5.41) is 10.3. The maximum absolute atomic E-state index is 11.7. The molecule has 0 radical (unpaired) electrons. The van der Waals surface area contributed by atoms with Crippen molar-refractivity contribution in [3.63, 3.8) is 0 Å². The van der Waals surface area contributed by atoms with E-state index in [0.717, 1.165) is 23.3 Å². The van der Waals surface area contributed by atoms with Crippen molar-refractivity contribution in [2.24, 2.45) is 10.8 Å². The summed E-state index contributed by atoms with van der Waals surface area (Å²) < 4.78 is 0. The van der Waals surface area contributed by atoms with Gasteiger partial charge in [0, 0.05) is 10.9 Å². The number of nitrogens with zero attached hydrogens (tertiary/aromatic N) is 1. The molecule has 1 aliphatic rings. The zero-order chi connectivity index (χ0) is 15.4. The van der Waals surface area contributed by atoms with Gasteiger partial charge in [-0.05, 0) is 43.4 Å². The molecule has 0 saturated heterocycles. The number of hydrogen-bond donors (Lipinski definition) is 2. The lowest BCUT2D eigenvalue weighted by atomic mass is 9.65. The van der Waals surface area contributed by atoms with Gasteiger partial charge in [-0.1, -0.05) is 25.4 Å². The molecular formula is C16H19ClN2O2. The molecule has 1 saturated carbocycles. The van der Waals surface area contributed by atoms with Crippen molar-refractivity contribution in [3.8, 4) is 0 Å². The molecule has 1 aliphatic carbocycles. The zero-order valence-electron chi connectivity index (χ0n) is 12.4. The lowest BCUT2D eigenvalue weighted by Crippen LogP contribution is -2.40. The van der Waals surface area contributed by atoms with Crippen LogP contribution in [0.4, 0.5) is 0 Å². The highest BCUT2D eigenvalue weighted by Crippen LogP contribution is 2.59. The number of carboxylic acid groups (broad SMARTS) is 1. The molecule has 2 aromatic rings. The lowest BCUT2D eigenvalue weighted by Gasteiger charge is -2.37. The SMILES string of the molecule is CC1(C(=O)O)CCC(c2nc3ccc(Cl)cc3[nH]2)C1(C)C. The second-order valence-electron chi connectivity index (χ2n) is 6.73. The zero-order valence-corrected chi connectivity index (χ0v) is 13.2. The Morgan fingerprint density at radius 2 is 2.14 bits per heavy atom. The summed E-state index contributed by atoms with van der Waals surface area (Å²) in [5.74, 6) is 0.237. The molecule has 2 atom stereocenters. The lowest BCUT2D eigenvalue weighted by molar-refractivity contribution is -0.153. The predicted octanol–water partition coefficient (Wildman–Crippen LogP) is 4.21. The van der Waals surface area contributed by atoms with Crippen LogP contribution in [0.1, 0.15) is 45.4 Å². The summed E-state index contributed by atoms with van der Waals surface area (Å²) in [6.07, 6.45) is 1.49. The first-order valence-corrected chi connectivity index (χ1v) is 7.52. The molecule has 2 unspecified atom stereocenters. The number of carboxylic acids is 1. The summed E-state index contributed by atoms with van der Waals surface area (Å²) in [6, 6.07) is 5.55. The largest absolute Gasteiger partial charge is 0.481 e. The standard InChI is InChI=1S/C16H19ClN2O2/c1-15(2)10(6-7-16(15,3)14(20)21)13-18-11-5-4-9(17)8-12(11)19-13/h4-5,8,10H,6-7H2,1-3H3,(H,18,19)(H,20,21). The highest BCUT2D eigenvalue weighted by molar-refractivity contribution is 6.31. The Bertz CT molecular complexity index is 722. The van der Waals surface area contributed by atoms with Gasteiger partial charge in [0.25, 0.3) is 0 Å². The van der Waals surface area contributed by atoms with Crippen LogP contribution in [0.2, 0.25) is 5.02 Å². The van der Waals surface area contributed by atoms with Crippen LogP contribution < -0.4 is 0 Å². The molecule has 112 valence electrons. The molecule has 0 amide bonds. The van der Waals surface area contributed by atoms with E-state index in [1.54, 1.807) is 0 Å². The van der Waals surface area contributed by atoms with Crippen LogP contribution in [-0.4, -0.2) is 21.0 Å². The van der Waals surface area contributed by atoms with Crippen LogP contribution in [0.5, 0.6) is 0 Å². The molecule has 0 bridgehead atoms. The van der Waals surface area contributed by atoms with Gasteiger partial charge in [0.1, 0.15) is 5.82 Å². The Labute approximate surface area is 128 Å². The highest BCUT2D eigenvalue weighted by Gasteiger charge is 2.57. The van der Waals surface area contributed by atoms with E-state index in [4.69, 9.17) is 11.6 Å². The number of benzene rings is 1. The van der Waals surface area contributed by atoms with Gasteiger partial charge in [-0.3, -0.25) is 4.79 Å². The first-order chi connectivity index (χ1) is 9.75. The van der Waals surface area contributed by atoms with E-state index in [1.165, 1.54) is 0 Å². The fourth-order valence-electron chi connectivity index (χ4n) is 3.53. The molecule has 1 heterocycles. The Hall–Kier alpha value is -1.55. The fourth-order valence-corrected chi connectivity index (χ4v) is 3.70. The number of aliphatic carboxylic acids is 1. The van der Waals surface area contributed by atoms with Crippen molar-refractivity contribution < 1.29 is 9.90 Å². The average Bonchev–Trinajstić information content (AvgIpc) is 2.89. The number of aromatic amines is 1. The van der Waals surface area contributed by atoms with Crippen LogP contribution in [0, 0.1) is 10.8 Å². The van der Waals surface area contributed by atoms with Gasteiger partial charge >= 0.3 is 5.97 Å². The van der Waals surface area contributed by atoms with Crippen molar-refractivity contribution in [2.45, 2.75) is 39.5 Å². The van der Waals surface area contributed by atoms with E-state index in [-0.39, 0.29) is 11.3 Å². The van der Waals surface area contributed by atoms with Crippen LogP contribution in [0.15, 0.2) is 18.2 Å². The second-order valence-corrected chi connectivity index (χ2v) is 7.17. The Morgan fingerprint density at radius 3 is 2.76 bits per heavy atom. The molecule has 1 aromatic heterocycles. The maximum Gasteiger partial charge on any atom is 0.309 e. The van der Waals surface area contributed by atoms with Gasteiger partial charge in [-0.2, -0.15) is 0 Å². The van der Waals surface area contributed by atoms with Crippen molar-refractivity contribution in [1.82, 2.24) is 9.97 Å². The summed E-state index contributed by atoms with van der Waals surface area (Å²) in [5.41, 5.74) is 0.677. The third kappa shape index (κ3) is 1.96. The first kappa shape index (κ1) is 14.4. The first-order valence-electron chi connectivity index (χ1n) is 7.14. The van der Waals surface area contributed by atoms with E-state index >= 15 is 0 Å². The number of imidazole rings is 1. The smallest absolute Gasteiger partial charge is 0.309 e. The summed E-state index contributed by atoms with van der Waals surface area (Å²) in [6.45, 7) is 5.90. The molecule has 1 aromatic carbocycles. The van der Waals surface area contributed by atoms with Gasteiger partial charge in [0.05, 0.1) is 16.4 Å². The van der Waals surface area contributed by atoms with Crippen LogP contribution in [0.3, 0.4) is 0 Å². The highest BCUT2D eigenvalue weighted by atomic mass is 35.5. The molecule has 3 rings (SSSR count). The third-order valence-corrected chi connectivity index (χ3v) is 5.73. The van der Waals surface area contributed by atoms with E-state index < -0.39 is 11.4 Å². The van der Waals surface area contributed by atoms with E-state index in [0.29, 0.717) is 11.4 Å². The molecule has 1 fully saturated rings. The van der Waals surface area contributed by atoms with E-state index in [9.17, 15) is 9.90 Å². The van der Waals surface area contributed by atoms with Crippen LogP contribution in [0.25, 0.3) is 11.0 Å². The minimum absolute atomic E-state index is 0.102. The number of hydrogen-bond acceptors (Lipinski definition) is 2. The van der Waals surface area contributed by atoms with Gasteiger partial charge in [0.2, 0.25) is 0 Å². The topological polar surface area (TPSA) is 66.0 Å². The second kappa shape index (κ2) is 4.47. The summed E-state index contributed by atoms with van der Waals surface area (Å²) in [4.78, 5) is 19.7. The summed E-state index contributed by atoms with van der Waals surface area (Å²) in [7, 11) is 0. The van der Waals surface area contributed by atoms with Crippen molar-refractivity contribution in [1.29, 1.82) is 0 Å². The number of nitrogens with one attached hydrogen (secondary N) is 1. The summed E-state index contributed by atoms with van der Waals surface area (Å²) >= 11 is 6.01. The minimum atomic E-state index is -0.728. The number of aromatic nitrogens is 2. The van der Waals surface area contributed by atoms with Crippen molar-refractivity contribution in [3.05, 3.63) is 29.0 Å². The molecule has 5 heteroatoms. The van der Waals surface area contributed by atoms with Crippen molar-refractivity contribution in [2.75, 3.05) is 0 Å². The molecule has 4 nitrogen and oxygen atoms in total. The van der Waals surface area contributed by atoms with Crippen LogP contribution >= 0.6 is 11.6 Å². The third-order valence-electron chi connectivity index (χ3n) is 5.49. The van der Waals surface area contributed by atoms with Gasteiger partial charge in [-0.15, -0.1) is 0 Å². The fraction of sp³-hybridized carbons (Fsp3) is 0.500. The monoisotopic (exact) mass is 306 g/mol. The van der Waals surface area contributed by atoms with Gasteiger partial charge in [0.15, 0.2) is 0 Å². The number of fused-ring (bicyclic) bond motifs is 1. The Morgan fingerprint density at radius 1 is 1.43 bits per heavy atom. The number of carbonyl (C=O) groups is 1. The molecule has 2 N–H and O–H groups in total. The number of H-pyrrole nitrogens is 1. The quantitative estimate of drug-likeness (QED) is 0.873. The Kier molecular flexibility index (Phi) is 3.06. The molecule has 21 heavy (non-hydrogen) atoms.